The quantitative estimate of drug-likeness (QED) is 0.663. The van der Waals surface area contributed by atoms with Crippen LogP contribution in [0.3, 0.4) is 0 Å². The van der Waals surface area contributed by atoms with Gasteiger partial charge in [0.2, 0.25) is 0 Å². The molecule has 0 bridgehead atoms. The van der Waals surface area contributed by atoms with Gasteiger partial charge in [-0.25, -0.2) is 0 Å². The number of hydrogen-bond donors (Lipinski definition) is 0. The van der Waals surface area contributed by atoms with E-state index in [4.69, 9.17) is 0 Å². The Hall–Kier alpha value is -1.55. The summed E-state index contributed by atoms with van der Waals surface area (Å²) in [6, 6.07) is 9.82. The first-order valence-corrected chi connectivity index (χ1v) is 4.88. The normalized spacial score (nSPS) is 8.93. The second-order valence-electron chi connectivity index (χ2n) is 3.06. The molecule has 0 atom stereocenters. The van der Waals surface area contributed by atoms with Crippen LogP contribution >= 0.6 is 0 Å². The third-order valence-electron chi connectivity index (χ3n) is 1.93. The van der Waals surface area contributed by atoms with Gasteiger partial charge >= 0.3 is 0 Å². The van der Waals surface area contributed by atoms with Crippen molar-refractivity contribution in [2.24, 2.45) is 0 Å². The van der Waals surface area contributed by atoms with E-state index in [-0.39, 0.29) is 5.78 Å². The van der Waals surface area contributed by atoms with E-state index in [1.807, 2.05) is 37.3 Å². The maximum atomic E-state index is 11.0. The molecule has 1 heteroatoms. The number of benzene rings is 1. The van der Waals surface area contributed by atoms with Gasteiger partial charge < -0.3 is 0 Å². The van der Waals surface area contributed by atoms with Gasteiger partial charge in [0.05, 0.1) is 0 Å². The first kappa shape index (κ1) is 10.5. The van der Waals surface area contributed by atoms with Crippen molar-refractivity contribution < 1.29 is 4.79 Å². The smallest absolute Gasteiger partial charge is 0.133 e. The molecule has 1 aromatic rings. The lowest BCUT2D eigenvalue weighted by Gasteiger charge is -1.89. The topological polar surface area (TPSA) is 17.1 Å². The molecule has 0 saturated carbocycles. The maximum absolute atomic E-state index is 11.0. The highest BCUT2D eigenvalue weighted by molar-refractivity contribution is 5.78. The molecule has 0 saturated heterocycles. The Morgan fingerprint density at radius 1 is 1.29 bits per heavy atom. The third-order valence-corrected chi connectivity index (χ3v) is 1.93. The number of carbonyl (C=O) groups is 1. The molecule has 0 aromatic heterocycles. The molecule has 0 N–H and O–H groups in total. The minimum atomic E-state index is 0.285. The molecule has 0 radical (unpaired) electrons. The summed E-state index contributed by atoms with van der Waals surface area (Å²) < 4.78 is 0. The van der Waals surface area contributed by atoms with Crippen molar-refractivity contribution in [1.29, 1.82) is 0 Å². The molecule has 0 fully saturated rings. The summed E-state index contributed by atoms with van der Waals surface area (Å²) in [5, 5.41) is 0. The van der Waals surface area contributed by atoms with Gasteiger partial charge in [0, 0.05) is 24.8 Å². The fourth-order valence-electron chi connectivity index (χ4n) is 1.06. The first-order valence-electron chi connectivity index (χ1n) is 4.88. The molecule has 0 aliphatic rings. The van der Waals surface area contributed by atoms with Crippen molar-refractivity contribution in [3.8, 4) is 11.8 Å². The lowest BCUT2D eigenvalue weighted by atomic mass is 10.1. The molecular weight excluding hydrogens is 172 g/mol. The molecule has 0 heterocycles. The minimum absolute atomic E-state index is 0.285. The van der Waals surface area contributed by atoms with Crippen molar-refractivity contribution in [3.05, 3.63) is 35.9 Å². The fourth-order valence-corrected chi connectivity index (χ4v) is 1.06. The van der Waals surface area contributed by atoms with Crippen molar-refractivity contribution >= 4 is 5.78 Å². The van der Waals surface area contributed by atoms with E-state index < -0.39 is 0 Å². The molecule has 0 aliphatic heterocycles. The van der Waals surface area contributed by atoms with Crippen LogP contribution < -0.4 is 0 Å². The fraction of sp³-hybridized carbons (Fsp3) is 0.308. The van der Waals surface area contributed by atoms with Gasteiger partial charge in [-0.2, -0.15) is 0 Å². The summed E-state index contributed by atoms with van der Waals surface area (Å²) in [4.78, 5) is 11.0. The van der Waals surface area contributed by atoms with Crippen molar-refractivity contribution in [2.75, 3.05) is 0 Å². The Kier molecular flexibility index (Phi) is 4.50. The van der Waals surface area contributed by atoms with E-state index in [1.165, 1.54) is 0 Å². The highest BCUT2D eigenvalue weighted by Crippen LogP contribution is 1.97. The Morgan fingerprint density at radius 2 is 2.00 bits per heavy atom. The van der Waals surface area contributed by atoms with Crippen LogP contribution in [0.15, 0.2) is 30.3 Å². The van der Waals surface area contributed by atoms with E-state index in [9.17, 15) is 4.79 Å². The Bertz CT molecular complexity index is 340. The molecule has 1 aromatic carbocycles. The van der Waals surface area contributed by atoms with Crippen LogP contribution in [0.25, 0.3) is 0 Å². The summed E-state index contributed by atoms with van der Waals surface area (Å²) in [6.45, 7) is 1.88. The van der Waals surface area contributed by atoms with E-state index in [0.29, 0.717) is 19.3 Å². The summed E-state index contributed by atoms with van der Waals surface area (Å²) in [5.74, 6) is 6.30. The number of rotatable bonds is 3. The zero-order valence-corrected chi connectivity index (χ0v) is 8.42. The Balaban J connectivity index is 2.38. The van der Waals surface area contributed by atoms with Crippen LogP contribution in [0.1, 0.15) is 31.7 Å². The molecule has 14 heavy (non-hydrogen) atoms. The molecule has 0 spiro atoms. The van der Waals surface area contributed by atoms with Gasteiger partial charge in [-0.1, -0.05) is 37.0 Å². The van der Waals surface area contributed by atoms with Crippen molar-refractivity contribution in [2.45, 2.75) is 26.2 Å². The molecule has 0 unspecified atom stereocenters. The third kappa shape index (κ3) is 3.91. The number of Topliss-reactive ketones (excluding diaryl/α,β-unsaturated/α-hetero) is 1. The van der Waals surface area contributed by atoms with Gasteiger partial charge in [-0.15, -0.1) is 0 Å². The van der Waals surface area contributed by atoms with Crippen LogP contribution in [0.4, 0.5) is 0 Å². The molecule has 72 valence electrons. The maximum Gasteiger partial charge on any atom is 0.133 e. The molecule has 0 amide bonds. The van der Waals surface area contributed by atoms with E-state index in [1.54, 1.807) is 0 Å². The molecular formula is C13H14O. The number of carbonyl (C=O) groups excluding carboxylic acids is 1. The zero-order chi connectivity index (χ0) is 10.2. The highest BCUT2D eigenvalue weighted by atomic mass is 16.1. The van der Waals surface area contributed by atoms with Gasteiger partial charge in [-0.05, 0) is 12.1 Å². The standard InChI is InChI=1S/C13H14O/c1-2-13(14)11-7-6-10-12-8-4-3-5-9-12/h3-5,8-9H,2,7,11H2,1H3. The van der Waals surface area contributed by atoms with Crippen molar-refractivity contribution in [1.82, 2.24) is 0 Å². The average molecular weight is 186 g/mol. The van der Waals surface area contributed by atoms with Crippen LogP contribution in [-0.4, -0.2) is 5.78 Å². The second-order valence-corrected chi connectivity index (χ2v) is 3.06. The van der Waals surface area contributed by atoms with Gasteiger partial charge in [0.15, 0.2) is 0 Å². The van der Waals surface area contributed by atoms with E-state index >= 15 is 0 Å². The Morgan fingerprint density at radius 3 is 2.64 bits per heavy atom. The van der Waals surface area contributed by atoms with Gasteiger partial charge in [0.25, 0.3) is 0 Å². The van der Waals surface area contributed by atoms with Crippen LogP contribution in [0.2, 0.25) is 0 Å². The van der Waals surface area contributed by atoms with E-state index in [0.717, 1.165) is 5.56 Å². The van der Waals surface area contributed by atoms with Gasteiger partial charge in [0.1, 0.15) is 5.78 Å². The molecule has 1 rings (SSSR count). The number of hydrogen-bond acceptors (Lipinski definition) is 1. The minimum Gasteiger partial charge on any atom is -0.300 e. The summed E-state index contributed by atoms with van der Waals surface area (Å²) in [6.07, 6.45) is 1.87. The summed E-state index contributed by atoms with van der Waals surface area (Å²) in [5.41, 5.74) is 1.01. The van der Waals surface area contributed by atoms with Crippen LogP contribution in [0.5, 0.6) is 0 Å². The average Bonchev–Trinajstić information content (AvgIpc) is 2.25. The summed E-state index contributed by atoms with van der Waals surface area (Å²) in [7, 11) is 0. The van der Waals surface area contributed by atoms with E-state index in [2.05, 4.69) is 11.8 Å². The van der Waals surface area contributed by atoms with Crippen molar-refractivity contribution in [3.63, 3.8) is 0 Å². The predicted molar refractivity (Wildman–Crippen MR) is 57.9 cm³/mol. The Labute approximate surface area is 85.1 Å². The SMILES string of the molecule is CCC(=O)CCC#Cc1ccccc1. The molecule has 0 aliphatic carbocycles. The zero-order valence-electron chi connectivity index (χ0n) is 8.42. The first-order chi connectivity index (χ1) is 6.83. The van der Waals surface area contributed by atoms with Gasteiger partial charge in [-0.3, -0.25) is 4.79 Å². The lowest BCUT2D eigenvalue weighted by Crippen LogP contribution is -1.92. The van der Waals surface area contributed by atoms with Crippen LogP contribution in [0, 0.1) is 11.8 Å². The number of ketones is 1. The second kappa shape index (κ2) is 5.99. The highest BCUT2D eigenvalue weighted by Gasteiger charge is 1.93. The summed E-state index contributed by atoms with van der Waals surface area (Å²) >= 11 is 0. The van der Waals surface area contributed by atoms with Crippen LogP contribution in [-0.2, 0) is 4.79 Å². The largest absolute Gasteiger partial charge is 0.300 e. The lowest BCUT2D eigenvalue weighted by molar-refractivity contribution is -0.118. The predicted octanol–water partition coefficient (Wildman–Crippen LogP) is 2.80. The molecule has 1 nitrogen and oxygen atoms in total. The monoisotopic (exact) mass is 186 g/mol.